The van der Waals surface area contributed by atoms with Crippen LogP contribution in [-0.2, 0) is 9.53 Å². The van der Waals surface area contributed by atoms with Crippen LogP contribution in [0.15, 0.2) is 41.9 Å². The molecule has 0 aliphatic carbocycles. The van der Waals surface area contributed by atoms with Gasteiger partial charge in [0.2, 0.25) is 5.95 Å². The molecule has 168 valence electrons. The molecule has 3 rings (SSSR count). The van der Waals surface area contributed by atoms with Gasteiger partial charge in [-0.15, -0.1) is 0 Å². The molecule has 0 spiro atoms. The van der Waals surface area contributed by atoms with Gasteiger partial charge in [-0.2, -0.15) is 18.9 Å². The van der Waals surface area contributed by atoms with E-state index in [1.165, 1.54) is 36.3 Å². The predicted molar refractivity (Wildman–Crippen MR) is 112 cm³/mol. The Bertz CT molecular complexity index is 914. The molecular formula is C22H28F2N4O3. The fraction of sp³-hybridized carbons (Fsp3) is 0.500. The van der Waals surface area contributed by atoms with Crippen molar-refractivity contribution in [1.82, 2.24) is 14.8 Å². The number of benzene rings is 1. The average Bonchev–Trinajstić information content (AvgIpc) is 3.20. The lowest BCUT2D eigenvalue weighted by molar-refractivity contribution is -0.139. The number of fused-ring (bicyclic) bond motifs is 1. The van der Waals surface area contributed by atoms with Crippen molar-refractivity contribution in [3.63, 3.8) is 0 Å². The Labute approximate surface area is 180 Å². The first-order valence-electron chi connectivity index (χ1n) is 10.6. The summed E-state index contributed by atoms with van der Waals surface area (Å²) in [5.41, 5.74) is 1.20. The fourth-order valence-electron chi connectivity index (χ4n) is 3.68. The van der Waals surface area contributed by atoms with Gasteiger partial charge in [-0.1, -0.05) is 57.2 Å². The van der Waals surface area contributed by atoms with Crippen LogP contribution in [0, 0.1) is 0 Å². The fourth-order valence-corrected chi connectivity index (χ4v) is 3.68. The molecule has 31 heavy (non-hydrogen) atoms. The summed E-state index contributed by atoms with van der Waals surface area (Å²) in [5, 5.41) is 7.23. The number of allylic oxidation sites excluding steroid dienone is 1. The summed E-state index contributed by atoms with van der Waals surface area (Å²) in [6.07, 6.45) is 7.78. The summed E-state index contributed by atoms with van der Waals surface area (Å²) in [7, 11) is 0. The Hall–Kier alpha value is -2.97. The molecule has 1 atom stereocenters. The van der Waals surface area contributed by atoms with Crippen molar-refractivity contribution < 1.29 is 23.0 Å². The molecule has 0 fully saturated rings. The Morgan fingerprint density at radius 3 is 2.71 bits per heavy atom. The van der Waals surface area contributed by atoms with Crippen LogP contribution in [0.2, 0.25) is 0 Å². The Morgan fingerprint density at radius 1 is 1.19 bits per heavy atom. The molecule has 0 amide bonds. The maximum atomic E-state index is 13.0. The number of esters is 1. The maximum absolute atomic E-state index is 13.0. The number of nitrogens with zero attached hydrogens (tertiary/aromatic N) is 3. The van der Waals surface area contributed by atoms with E-state index in [0.29, 0.717) is 23.8 Å². The van der Waals surface area contributed by atoms with Crippen molar-refractivity contribution in [1.29, 1.82) is 0 Å². The van der Waals surface area contributed by atoms with Crippen LogP contribution in [0.25, 0.3) is 0 Å². The molecule has 0 unspecified atom stereocenters. The third-order valence-corrected chi connectivity index (χ3v) is 5.17. The summed E-state index contributed by atoms with van der Waals surface area (Å²) in [6.45, 7) is 1.19. The molecule has 0 bridgehead atoms. The highest BCUT2D eigenvalue weighted by Crippen LogP contribution is 2.39. The molecule has 0 saturated carbocycles. The van der Waals surface area contributed by atoms with E-state index >= 15 is 0 Å². The second-order valence-electron chi connectivity index (χ2n) is 7.41. The van der Waals surface area contributed by atoms with Gasteiger partial charge in [0.1, 0.15) is 18.1 Å². The SMILES string of the molecule is CCCCCCCCOC(=O)C1=C(C)Nc2ncnn2[C@@H]1c1ccccc1OC(F)F. The number of anilines is 1. The molecular weight excluding hydrogens is 406 g/mol. The van der Waals surface area contributed by atoms with E-state index in [4.69, 9.17) is 9.47 Å². The quantitative estimate of drug-likeness (QED) is 0.393. The normalized spacial score (nSPS) is 15.6. The number of halogens is 2. The number of unbranched alkanes of at least 4 members (excludes halogenated alkanes) is 5. The zero-order valence-corrected chi connectivity index (χ0v) is 17.8. The van der Waals surface area contributed by atoms with Gasteiger partial charge in [0.15, 0.2) is 0 Å². The van der Waals surface area contributed by atoms with Crippen LogP contribution in [0.3, 0.4) is 0 Å². The van der Waals surface area contributed by atoms with Crippen molar-refractivity contribution in [2.45, 2.75) is 65.0 Å². The smallest absolute Gasteiger partial charge is 0.387 e. The first kappa shape index (κ1) is 22.7. The number of carbonyl (C=O) groups is 1. The van der Waals surface area contributed by atoms with Gasteiger partial charge in [0.05, 0.1) is 12.2 Å². The lowest BCUT2D eigenvalue weighted by Crippen LogP contribution is -2.30. The zero-order valence-electron chi connectivity index (χ0n) is 17.8. The highest BCUT2D eigenvalue weighted by Gasteiger charge is 2.36. The summed E-state index contributed by atoms with van der Waals surface area (Å²) in [6, 6.07) is 5.56. The van der Waals surface area contributed by atoms with Gasteiger partial charge in [-0.3, -0.25) is 0 Å². The average molecular weight is 434 g/mol. The molecule has 1 aromatic carbocycles. The topological polar surface area (TPSA) is 78.3 Å². The number of ether oxygens (including phenoxy) is 2. The van der Waals surface area contributed by atoms with Crippen molar-refractivity contribution in [2.24, 2.45) is 0 Å². The van der Waals surface area contributed by atoms with E-state index in [2.05, 4.69) is 22.3 Å². The molecule has 0 radical (unpaired) electrons. The van der Waals surface area contributed by atoms with Crippen LogP contribution < -0.4 is 10.1 Å². The number of aromatic nitrogens is 3. The highest BCUT2D eigenvalue weighted by molar-refractivity contribution is 5.92. The lowest BCUT2D eigenvalue weighted by Gasteiger charge is -2.29. The summed E-state index contributed by atoms with van der Waals surface area (Å²) >= 11 is 0. The van der Waals surface area contributed by atoms with Crippen LogP contribution in [0.4, 0.5) is 14.7 Å². The molecule has 2 aromatic rings. The van der Waals surface area contributed by atoms with Crippen molar-refractivity contribution in [2.75, 3.05) is 11.9 Å². The summed E-state index contributed by atoms with van der Waals surface area (Å²) < 4.78 is 37.7. The summed E-state index contributed by atoms with van der Waals surface area (Å²) in [4.78, 5) is 17.2. The summed E-state index contributed by atoms with van der Waals surface area (Å²) in [5.74, 6) is -0.141. The van der Waals surface area contributed by atoms with Gasteiger partial charge in [0, 0.05) is 11.3 Å². The van der Waals surface area contributed by atoms with Crippen molar-refractivity contribution >= 4 is 11.9 Å². The third kappa shape index (κ3) is 5.59. The number of para-hydroxylation sites is 1. The van der Waals surface area contributed by atoms with Crippen molar-refractivity contribution in [3.05, 3.63) is 47.4 Å². The van der Waals surface area contributed by atoms with Gasteiger partial charge in [-0.05, 0) is 19.4 Å². The third-order valence-electron chi connectivity index (χ3n) is 5.17. The van der Waals surface area contributed by atoms with Gasteiger partial charge < -0.3 is 14.8 Å². The second-order valence-corrected chi connectivity index (χ2v) is 7.41. The van der Waals surface area contributed by atoms with Crippen molar-refractivity contribution in [3.8, 4) is 5.75 Å². The number of carbonyl (C=O) groups excluding carboxylic acids is 1. The number of nitrogens with one attached hydrogen (secondary N) is 1. The molecule has 7 nitrogen and oxygen atoms in total. The zero-order chi connectivity index (χ0) is 22.2. The number of rotatable bonds is 11. The van der Waals surface area contributed by atoms with Crippen LogP contribution in [0.1, 0.15) is 64.0 Å². The molecule has 0 saturated heterocycles. The molecule has 1 aliphatic heterocycles. The largest absolute Gasteiger partial charge is 0.462 e. The minimum Gasteiger partial charge on any atom is -0.462 e. The minimum absolute atomic E-state index is 0.0279. The van der Waals surface area contributed by atoms with Crippen LogP contribution in [0.5, 0.6) is 5.75 Å². The van der Waals surface area contributed by atoms with E-state index in [9.17, 15) is 13.6 Å². The van der Waals surface area contributed by atoms with Gasteiger partial charge in [-0.25, -0.2) is 9.48 Å². The molecule has 9 heteroatoms. The first-order valence-corrected chi connectivity index (χ1v) is 10.6. The van der Waals surface area contributed by atoms with E-state index < -0.39 is 18.6 Å². The molecule has 1 aliphatic rings. The Morgan fingerprint density at radius 2 is 1.94 bits per heavy atom. The number of alkyl halides is 2. The van der Waals surface area contributed by atoms with E-state index in [1.807, 2.05) is 0 Å². The second kappa shape index (κ2) is 10.9. The number of hydrogen-bond acceptors (Lipinski definition) is 6. The minimum atomic E-state index is -2.99. The lowest BCUT2D eigenvalue weighted by atomic mass is 9.95. The van der Waals surface area contributed by atoms with E-state index in [0.717, 1.165) is 19.3 Å². The van der Waals surface area contributed by atoms with Gasteiger partial charge >= 0.3 is 12.6 Å². The Balaban J connectivity index is 1.81. The highest BCUT2D eigenvalue weighted by atomic mass is 19.3. The maximum Gasteiger partial charge on any atom is 0.387 e. The predicted octanol–water partition coefficient (Wildman–Crippen LogP) is 5.07. The monoisotopic (exact) mass is 434 g/mol. The molecule has 1 N–H and O–H groups in total. The Kier molecular flexibility index (Phi) is 7.97. The van der Waals surface area contributed by atoms with Crippen LogP contribution >= 0.6 is 0 Å². The van der Waals surface area contributed by atoms with E-state index in [1.54, 1.807) is 25.1 Å². The molecule has 1 aromatic heterocycles. The van der Waals surface area contributed by atoms with Crippen LogP contribution in [-0.4, -0.2) is 34.0 Å². The van der Waals surface area contributed by atoms with Gasteiger partial charge in [0.25, 0.3) is 0 Å². The standard InChI is InChI=1S/C22H28F2N4O3/c1-3-4-5-6-7-10-13-30-20(29)18-15(2)27-22-25-14-26-28(22)19(18)16-11-8-9-12-17(16)31-21(23)24/h8-9,11-12,14,19,21H,3-7,10,13H2,1-2H3,(H,25,26,27)/t19-/m1/s1. The number of hydrogen-bond donors (Lipinski definition) is 1. The first-order chi connectivity index (χ1) is 15.0. The molecule has 2 heterocycles. The van der Waals surface area contributed by atoms with E-state index in [-0.39, 0.29) is 11.3 Å².